The van der Waals surface area contributed by atoms with Crippen LogP contribution in [0.1, 0.15) is 50.2 Å². The molecule has 1 aromatic rings. The molecule has 0 radical (unpaired) electrons. The summed E-state index contributed by atoms with van der Waals surface area (Å²) in [6.07, 6.45) is 1.12. The van der Waals surface area contributed by atoms with Crippen molar-refractivity contribution in [2.75, 3.05) is 7.11 Å². The van der Waals surface area contributed by atoms with Crippen molar-refractivity contribution < 1.29 is 23.6 Å². The predicted molar refractivity (Wildman–Crippen MR) is 88.0 cm³/mol. The van der Waals surface area contributed by atoms with Crippen LogP contribution in [0.3, 0.4) is 0 Å². The molecule has 0 amide bonds. The number of ketones is 1. The van der Waals surface area contributed by atoms with E-state index in [0.717, 1.165) is 5.46 Å². The van der Waals surface area contributed by atoms with E-state index >= 15 is 0 Å². The Hall–Kier alpha value is -1.18. The third kappa shape index (κ3) is 2.55. The van der Waals surface area contributed by atoms with E-state index in [1.54, 1.807) is 6.07 Å². The van der Waals surface area contributed by atoms with Crippen LogP contribution in [-0.2, 0) is 18.8 Å². The highest BCUT2D eigenvalue weighted by Gasteiger charge is 2.58. The van der Waals surface area contributed by atoms with Crippen LogP contribution in [0, 0.1) is 5.41 Å². The molecule has 5 nitrogen and oxygen atoms in total. The number of carbonyl (C=O) groups excluding carboxylic acids is 2. The van der Waals surface area contributed by atoms with Crippen molar-refractivity contribution in [1.82, 2.24) is 0 Å². The van der Waals surface area contributed by atoms with Crippen molar-refractivity contribution in [1.29, 1.82) is 0 Å². The normalized spacial score (nSPS) is 23.6. The fourth-order valence-electron chi connectivity index (χ4n) is 2.65. The third-order valence-corrected chi connectivity index (χ3v) is 6.08. The molecule has 1 saturated carbocycles. The van der Waals surface area contributed by atoms with Gasteiger partial charge in [-0.2, -0.15) is 0 Å². The molecule has 2 aliphatic rings. The molecule has 124 valence electrons. The van der Waals surface area contributed by atoms with E-state index in [0.29, 0.717) is 17.7 Å². The molecule has 7 heteroatoms. The van der Waals surface area contributed by atoms with Crippen LogP contribution in [0.25, 0.3) is 0 Å². The smallest absolute Gasteiger partial charge is 0.468 e. The van der Waals surface area contributed by atoms with E-state index in [1.165, 1.54) is 18.4 Å². The van der Waals surface area contributed by atoms with E-state index in [9.17, 15) is 9.59 Å². The lowest BCUT2D eigenvalue weighted by molar-refractivity contribution is -0.144. The summed E-state index contributed by atoms with van der Waals surface area (Å²) in [6, 6.07) is 1.78. The summed E-state index contributed by atoms with van der Waals surface area (Å²) in [7, 11) is 0.825. The van der Waals surface area contributed by atoms with E-state index in [2.05, 4.69) is 0 Å². The molecule has 23 heavy (non-hydrogen) atoms. The number of thiophene rings is 1. The predicted octanol–water partition coefficient (Wildman–Crippen LogP) is 2.18. The summed E-state index contributed by atoms with van der Waals surface area (Å²) in [5, 5.41) is 1.86. The number of carbonyl (C=O) groups is 2. The molecular weight excluding hydrogens is 315 g/mol. The van der Waals surface area contributed by atoms with Crippen LogP contribution >= 0.6 is 11.3 Å². The maximum absolute atomic E-state index is 12.6. The van der Waals surface area contributed by atoms with Crippen molar-refractivity contribution in [3.05, 3.63) is 16.3 Å². The Labute approximate surface area is 140 Å². The van der Waals surface area contributed by atoms with E-state index < -0.39 is 29.7 Å². The second kappa shape index (κ2) is 5.16. The molecule has 0 aromatic carbocycles. The van der Waals surface area contributed by atoms with Gasteiger partial charge >= 0.3 is 13.1 Å². The van der Waals surface area contributed by atoms with Gasteiger partial charge < -0.3 is 14.0 Å². The molecule has 0 spiro atoms. The monoisotopic (exact) mass is 336 g/mol. The second-order valence-corrected chi connectivity index (χ2v) is 8.15. The summed E-state index contributed by atoms with van der Waals surface area (Å²) < 4.78 is 16.8. The summed E-state index contributed by atoms with van der Waals surface area (Å²) in [4.78, 5) is 25.0. The summed E-state index contributed by atoms with van der Waals surface area (Å²) in [5.41, 5.74) is -0.994. The highest BCUT2D eigenvalue weighted by molar-refractivity contribution is 7.13. The van der Waals surface area contributed by atoms with Crippen LogP contribution in [0.5, 0.6) is 0 Å². The highest BCUT2D eigenvalue weighted by Crippen LogP contribution is 2.49. The van der Waals surface area contributed by atoms with Crippen LogP contribution in [-0.4, -0.2) is 37.2 Å². The van der Waals surface area contributed by atoms with Gasteiger partial charge in [0.1, 0.15) is 5.41 Å². The van der Waals surface area contributed by atoms with Gasteiger partial charge in [-0.15, -0.1) is 11.3 Å². The molecule has 1 aliphatic carbocycles. The van der Waals surface area contributed by atoms with Gasteiger partial charge in [0.25, 0.3) is 0 Å². The standard InChI is InChI=1S/C16H21BO5S/c1-14(2)15(3,4)22-17(21-14)10-8-11(23-9-10)12(18)16(6-7-16)13(19)20-5/h8-9H,6-7H2,1-5H3. The van der Waals surface area contributed by atoms with Crippen LogP contribution in [0.15, 0.2) is 11.4 Å². The van der Waals surface area contributed by atoms with Gasteiger partial charge in [0.15, 0.2) is 5.78 Å². The molecule has 1 saturated heterocycles. The number of hydrogen-bond acceptors (Lipinski definition) is 6. The number of methoxy groups -OCH3 is 1. The van der Waals surface area contributed by atoms with E-state index in [4.69, 9.17) is 14.0 Å². The third-order valence-electron chi connectivity index (χ3n) is 5.13. The fraction of sp³-hybridized carbons (Fsp3) is 0.625. The molecular formula is C16H21BO5S. The van der Waals surface area contributed by atoms with Gasteiger partial charge in [0.2, 0.25) is 0 Å². The minimum absolute atomic E-state index is 0.155. The first-order valence-electron chi connectivity index (χ1n) is 7.70. The Bertz CT molecular complexity index is 643. The number of hydrogen-bond donors (Lipinski definition) is 0. The van der Waals surface area contributed by atoms with Crippen molar-refractivity contribution in [2.24, 2.45) is 5.41 Å². The van der Waals surface area contributed by atoms with Crippen LogP contribution < -0.4 is 5.46 Å². The summed E-state index contributed by atoms with van der Waals surface area (Å²) in [5.74, 6) is -0.592. The molecule has 0 bridgehead atoms. The van der Waals surface area contributed by atoms with E-state index in [1.807, 2.05) is 33.1 Å². The number of Topliss-reactive ketones (excluding diaryl/α,β-unsaturated/α-hetero) is 1. The van der Waals surface area contributed by atoms with Gasteiger partial charge in [0.05, 0.1) is 23.2 Å². The minimum Gasteiger partial charge on any atom is -0.468 e. The summed E-state index contributed by atoms with van der Waals surface area (Å²) >= 11 is 1.32. The first-order valence-corrected chi connectivity index (χ1v) is 8.58. The maximum Gasteiger partial charge on any atom is 0.495 e. The van der Waals surface area contributed by atoms with Crippen molar-refractivity contribution in [3.8, 4) is 0 Å². The molecule has 0 N–H and O–H groups in total. The average molecular weight is 336 g/mol. The SMILES string of the molecule is COC(=O)C1(C(=O)c2cc(B3OC(C)(C)C(C)(C)O3)cs2)CC1. The molecule has 1 aromatic heterocycles. The lowest BCUT2D eigenvalue weighted by Crippen LogP contribution is -2.41. The van der Waals surface area contributed by atoms with Gasteiger partial charge in [-0.1, -0.05) is 0 Å². The van der Waals surface area contributed by atoms with Crippen LogP contribution in [0.2, 0.25) is 0 Å². The van der Waals surface area contributed by atoms with Crippen LogP contribution in [0.4, 0.5) is 0 Å². The Morgan fingerprint density at radius 1 is 1.17 bits per heavy atom. The van der Waals surface area contributed by atoms with E-state index in [-0.39, 0.29) is 5.78 Å². The molecule has 0 atom stereocenters. The number of rotatable bonds is 4. The molecule has 0 unspecified atom stereocenters. The average Bonchev–Trinajstić information content (AvgIpc) is 3.07. The summed E-state index contributed by atoms with van der Waals surface area (Å²) in [6.45, 7) is 7.95. The first-order chi connectivity index (χ1) is 10.6. The van der Waals surface area contributed by atoms with Gasteiger partial charge in [-0.25, -0.2) is 0 Å². The minimum atomic E-state index is -0.965. The maximum atomic E-state index is 12.6. The zero-order valence-electron chi connectivity index (χ0n) is 14.1. The van der Waals surface area contributed by atoms with Crippen molar-refractivity contribution in [2.45, 2.75) is 51.7 Å². The Morgan fingerprint density at radius 3 is 2.22 bits per heavy atom. The Morgan fingerprint density at radius 2 is 1.74 bits per heavy atom. The zero-order valence-corrected chi connectivity index (χ0v) is 14.9. The fourth-order valence-corrected chi connectivity index (χ4v) is 3.60. The Balaban J connectivity index is 1.80. The largest absolute Gasteiger partial charge is 0.495 e. The first kappa shape index (κ1) is 16.7. The highest BCUT2D eigenvalue weighted by atomic mass is 32.1. The number of esters is 1. The van der Waals surface area contributed by atoms with Gasteiger partial charge in [-0.05, 0) is 57.4 Å². The topological polar surface area (TPSA) is 61.8 Å². The lowest BCUT2D eigenvalue weighted by atomic mass is 9.81. The zero-order chi connectivity index (χ0) is 17.0. The lowest BCUT2D eigenvalue weighted by Gasteiger charge is -2.32. The second-order valence-electron chi connectivity index (χ2n) is 7.24. The molecule has 1 aliphatic heterocycles. The van der Waals surface area contributed by atoms with Crippen molar-refractivity contribution >= 4 is 35.7 Å². The number of ether oxygens (including phenoxy) is 1. The molecule has 3 rings (SSSR count). The van der Waals surface area contributed by atoms with Gasteiger partial charge in [0, 0.05) is 0 Å². The Kier molecular flexibility index (Phi) is 3.74. The molecule has 2 fully saturated rings. The van der Waals surface area contributed by atoms with Gasteiger partial charge in [-0.3, -0.25) is 9.59 Å². The van der Waals surface area contributed by atoms with Crippen molar-refractivity contribution in [3.63, 3.8) is 0 Å². The molecule has 2 heterocycles. The quantitative estimate of drug-likeness (QED) is 0.365.